The minimum atomic E-state index is -1.17. The van der Waals surface area contributed by atoms with E-state index in [-0.39, 0.29) is 6.10 Å². The number of nitrogens with zero attached hydrogens (tertiary/aromatic N) is 2. The number of carboxylic acids is 1. The molecule has 0 radical (unpaired) electrons. The molecule has 256 valence electrons. The molecule has 0 aliphatic heterocycles. The number of aromatic nitrogens is 2. The van der Waals surface area contributed by atoms with Crippen LogP contribution in [0.1, 0.15) is 34.5 Å². The van der Waals surface area contributed by atoms with E-state index in [2.05, 4.69) is 74.4 Å². The smallest absolute Gasteiger partial charge is 0.243 e. The molecule has 0 fully saturated rings. The van der Waals surface area contributed by atoms with Crippen molar-refractivity contribution in [1.29, 1.82) is 0 Å². The Balaban J connectivity index is 0.000000418. The van der Waals surface area contributed by atoms with Crippen LogP contribution in [-0.2, 0) is 29.2 Å². The third-order valence-corrected chi connectivity index (χ3v) is 9.69. The molecule has 0 spiro atoms. The summed E-state index contributed by atoms with van der Waals surface area (Å²) in [5, 5.41) is 20.9. The number of rotatable bonds is 13. The molecule has 1 N–H and O–H groups in total. The van der Waals surface area contributed by atoms with Crippen LogP contribution in [0.15, 0.2) is 128 Å². The number of hydrogen-bond donors (Lipinski definition) is 1. The molecule has 0 saturated heterocycles. The van der Waals surface area contributed by atoms with Gasteiger partial charge in [0.1, 0.15) is 49.2 Å². The van der Waals surface area contributed by atoms with Crippen molar-refractivity contribution in [3.63, 3.8) is 0 Å². The second kappa shape index (κ2) is 19.2. The number of carbonyl (C=O) groups excluding carboxylic acids is 1. The number of halogens is 4. The molecule has 5 aromatic rings. The first-order chi connectivity index (χ1) is 23.6. The van der Waals surface area contributed by atoms with Gasteiger partial charge in [0, 0.05) is 29.5 Å². The number of benzene rings is 4. The summed E-state index contributed by atoms with van der Waals surface area (Å²) in [6, 6.07) is 26.8. The summed E-state index contributed by atoms with van der Waals surface area (Å²) in [4.78, 5) is 9.97. The van der Waals surface area contributed by atoms with Crippen molar-refractivity contribution >= 4 is 75.8 Å². The van der Waals surface area contributed by atoms with Crippen molar-refractivity contribution in [2.45, 2.75) is 31.9 Å². The number of carboxylic acid groups (broad SMARTS) is 1. The Bertz CT molecular complexity index is 1870. The van der Waals surface area contributed by atoms with Crippen LogP contribution in [-0.4, -0.2) is 29.9 Å². The fourth-order valence-corrected chi connectivity index (χ4v) is 7.26. The minimum absolute atomic E-state index is 0.222. The second-order valence-corrected chi connectivity index (χ2v) is 14.2. The van der Waals surface area contributed by atoms with Crippen molar-refractivity contribution in [2.75, 3.05) is 14.2 Å². The van der Waals surface area contributed by atoms with E-state index in [1.54, 1.807) is 20.3 Å². The topological polar surface area (TPSA) is 96.9 Å². The van der Waals surface area contributed by atoms with Gasteiger partial charge in [-0.3, -0.25) is 0 Å². The summed E-state index contributed by atoms with van der Waals surface area (Å²) in [5.41, 5.74) is 3.67. The number of ether oxygens (including phenoxy) is 3. The number of carbonyl (C=O) groups is 1. The van der Waals surface area contributed by atoms with Gasteiger partial charge in [-0.05, 0) is 59.2 Å². The Morgan fingerprint density at radius 2 is 1.59 bits per heavy atom. The van der Waals surface area contributed by atoms with Crippen molar-refractivity contribution in [2.24, 2.45) is 0 Å². The van der Waals surface area contributed by atoms with Gasteiger partial charge in [0.2, 0.25) is 6.33 Å². The number of aliphatic hydroxyl groups excluding tert-OH is 1. The predicted molar refractivity (Wildman–Crippen MR) is 201 cm³/mol. The fourth-order valence-electron chi connectivity index (χ4n) is 4.80. The van der Waals surface area contributed by atoms with Crippen LogP contribution < -0.4 is 19.1 Å². The lowest BCUT2D eigenvalue weighted by molar-refractivity contribution is -0.704. The summed E-state index contributed by atoms with van der Waals surface area (Å²) in [5.74, 6) is 0.0929. The zero-order chi connectivity index (χ0) is 35.3. The zero-order valence-electron chi connectivity index (χ0n) is 26.6. The summed E-state index contributed by atoms with van der Waals surface area (Å²) in [6.45, 7) is 1.40. The predicted octanol–water partition coefficient (Wildman–Crippen LogP) is 7.98. The van der Waals surface area contributed by atoms with E-state index in [0.717, 1.165) is 40.7 Å². The van der Waals surface area contributed by atoms with Crippen LogP contribution in [0.3, 0.4) is 0 Å². The van der Waals surface area contributed by atoms with Crippen LogP contribution in [0.5, 0.6) is 11.5 Å². The van der Waals surface area contributed by atoms with E-state index < -0.39 is 12.1 Å². The molecule has 0 bridgehead atoms. The maximum atomic E-state index is 10.9. The monoisotopic (exact) mass is 918 g/mol. The van der Waals surface area contributed by atoms with Crippen molar-refractivity contribution in [3.05, 3.63) is 150 Å². The molecule has 0 saturated carbocycles. The molecule has 5 rings (SSSR count). The SMILES string of the molecule is COc1ccc(C(O)C[n+]2ccn(CC(OCc3ccc(Br)cc3Br)c3ccc(Br)cc3Br)c2)c(OC)c1.O=C([O-])C=Cc1ccccc1. The van der Waals surface area contributed by atoms with Gasteiger partial charge in [0.25, 0.3) is 0 Å². The van der Waals surface area contributed by atoms with Crippen molar-refractivity contribution in [1.82, 2.24) is 4.57 Å². The Labute approximate surface area is 319 Å². The average molecular weight is 922 g/mol. The first kappa shape index (κ1) is 38.5. The standard InChI is InChI=1S/C28H27Br4N2O4.C9H8O2/c1-36-21-6-8-23(27(13-21)37-2)26(35)14-33-9-10-34(17-33)15-28(22-7-5-20(30)12-25(22)32)38-16-18-3-4-19(29)11-24(18)31;10-9(11)7-6-8-4-2-1-3-5-8/h3-13,17,26,28,35H,14-16H2,1-2H3;1-7H,(H,10,11)/q+1;/p-1. The van der Waals surface area contributed by atoms with Crippen molar-refractivity contribution < 1.29 is 33.8 Å². The van der Waals surface area contributed by atoms with Gasteiger partial charge in [0.15, 0.2) is 0 Å². The maximum absolute atomic E-state index is 10.9. The molecule has 4 aromatic carbocycles. The van der Waals surface area contributed by atoms with Gasteiger partial charge in [-0.2, -0.15) is 0 Å². The molecule has 0 amide bonds. The molecular weight excluding hydrogens is 888 g/mol. The van der Waals surface area contributed by atoms with Crippen LogP contribution in [0.2, 0.25) is 0 Å². The normalized spacial score (nSPS) is 12.2. The molecule has 2 atom stereocenters. The van der Waals surface area contributed by atoms with Gasteiger partial charge in [0.05, 0.1) is 26.8 Å². The van der Waals surface area contributed by atoms with Crippen LogP contribution >= 0.6 is 63.7 Å². The number of methoxy groups -OCH3 is 2. The van der Waals surface area contributed by atoms with E-state index in [1.165, 1.54) is 6.08 Å². The highest BCUT2D eigenvalue weighted by Gasteiger charge is 2.22. The zero-order valence-corrected chi connectivity index (χ0v) is 33.0. The van der Waals surface area contributed by atoms with Gasteiger partial charge < -0.3 is 29.2 Å². The quantitative estimate of drug-likeness (QED) is 0.0952. The number of hydrogen-bond acceptors (Lipinski definition) is 6. The first-order valence-corrected chi connectivity index (χ1v) is 18.1. The van der Waals surface area contributed by atoms with Gasteiger partial charge >= 0.3 is 0 Å². The van der Waals surface area contributed by atoms with Gasteiger partial charge in [-0.25, -0.2) is 9.13 Å². The van der Waals surface area contributed by atoms with Crippen molar-refractivity contribution in [3.8, 4) is 11.5 Å². The van der Waals surface area contributed by atoms with E-state index >= 15 is 0 Å². The molecule has 1 aromatic heterocycles. The highest BCUT2D eigenvalue weighted by atomic mass is 79.9. The van der Waals surface area contributed by atoms with E-state index in [9.17, 15) is 15.0 Å². The lowest BCUT2D eigenvalue weighted by Gasteiger charge is -2.19. The summed E-state index contributed by atoms with van der Waals surface area (Å²) in [7, 11) is 3.19. The van der Waals surface area contributed by atoms with Gasteiger partial charge in [-0.1, -0.05) is 112 Å². The number of aliphatic carboxylic acids is 1. The lowest BCUT2D eigenvalue weighted by atomic mass is 10.1. The number of aliphatic hydroxyl groups is 1. The molecule has 0 aliphatic carbocycles. The van der Waals surface area contributed by atoms with Crippen LogP contribution in [0, 0.1) is 0 Å². The molecule has 8 nitrogen and oxygen atoms in total. The summed E-state index contributed by atoms with van der Waals surface area (Å²) < 4.78 is 25.2. The third-order valence-electron chi connectivity index (χ3n) is 7.28. The summed E-state index contributed by atoms with van der Waals surface area (Å²) >= 11 is 14.4. The first-order valence-electron chi connectivity index (χ1n) is 15.0. The van der Waals surface area contributed by atoms with E-state index in [4.69, 9.17) is 14.2 Å². The Morgan fingerprint density at radius 1 is 0.898 bits per heavy atom. The fraction of sp³-hybridized carbons (Fsp3) is 0.189. The Hall–Kier alpha value is -3.26. The third kappa shape index (κ3) is 11.9. The largest absolute Gasteiger partial charge is 0.545 e. The molecule has 49 heavy (non-hydrogen) atoms. The molecule has 12 heteroatoms. The average Bonchev–Trinajstić information content (AvgIpc) is 3.53. The highest BCUT2D eigenvalue weighted by Crippen LogP contribution is 2.33. The lowest BCUT2D eigenvalue weighted by Crippen LogP contribution is -2.34. The van der Waals surface area contributed by atoms with Gasteiger partial charge in [-0.15, -0.1) is 0 Å². The molecular formula is C37H34Br4N2O6. The molecule has 1 heterocycles. The van der Waals surface area contributed by atoms with Crippen LogP contribution in [0.25, 0.3) is 6.08 Å². The maximum Gasteiger partial charge on any atom is 0.243 e. The Morgan fingerprint density at radius 3 is 2.24 bits per heavy atom. The second-order valence-electron chi connectivity index (χ2n) is 10.7. The summed E-state index contributed by atoms with van der Waals surface area (Å²) in [6.07, 6.45) is 7.43. The minimum Gasteiger partial charge on any atom is -0.545 e. The van der Waals surface area contributed by atoms with E-state index in [0.29, 0.717) is 36.8 Å². The number of imidazole rings is 1. The molecule has 0 aliphatic rings. The van der Waals surface area contributed by atoms with Crippen LogP contribution in [0.4, 0.5) is 0 Å². The Kier molecular flexibility index (Phi) is 15.1. The molecule has 2 unspecified atom stereocenters. The highest BCUT2D eigenvalue weighted by molar-refractivity contribution is 9.11. The van der Waals surface area contributed by atoms with E-state index in [1.807, 2.05) is 96.1 Å².